The molecule has 0 bridgehead atoms. The Hall–Kier alpha value is -1.68. The summed E-state index contributed by atoms with van der Waals surface area (Å²) in [5, 5.41) is 0. The zero-order valence-electron chi connectivity index (χ0n) is 11.8. The van der Waals surface area contributed by atoms with Crippen molar-refractivity contribution in [2.45, 2.75) is 31.7 Å². The first-order valence-corrected chi connectivity index (χ1v) is 7.28. The number of benzene rings is 1. The van der Waals surface area contributed by atoms with Gasteiger partial charge in [0.05, 0.1) is 0 Å². The number of rotatable bonds is 4. The van der Waals surface area contributed by atoms with Crippen molar-refractivity contribution in [3.8, 4) is 0 Å². The zero-order valence-corrected chi connectivity index (χ0v) is 11.8. The highest BCUT2D eigenvalue weighted by Crippen LogP contribution is 2.34. The molecule has 20 heavy (non-hydrogen) atoms. The number of nitrogens with zero attached hydrogens (tertiary/aromatic N) is 2. The molecule has 0 spiro atoms. The van der Waals surface area contributed by atoms with Gasteiger partial charge in [-0.3, -0.25) is 19.4 Å². The van der Waals surface area contributed by atoms with Gasteiger partial charge in [-0.2, -0.15) is 0 Å². The third-order valence-corrected chi connectivity index (χ3v) is 4.46. The second-order valence-electron chi connectivity index (χ2n) is 5.67. The summed E-state index contributed by atoms with van der Waals surface area (Å²) in [6.45, 7) is 1.27. The second-order valence-corrected chi connectivity index (χ2v) is 5.67. The molecule has 4 nitrogen and oxygen atoms in total. The van der Waals surface area contributed by atoms with E-state index in [2.05, 4.69) is 36.2 Å². The molecule has 0 aromatic heterocycles. The summed E-state index contributed by atoms with van der Waals surface area (Å²) in [7, 11) is 2.08. The highest BCUT2D eigenvalue weighted by Gasteiger charge is 2.30. The topological polar surface area (TPSA) is 40.6 Å². The Balaban J connectivity index is 1.62. The molecule has 1 aliphatic carbocycles. The van der Waals surface area contributed by atoms with Gasteiger partial charge in [-0.15, -0.1) is 0 Å². The Kier molecular flexibility index (Phi) is 3.57. The predicted octanol–water partition coefficient (Wildman–Crippen LogP) is 1.75. The van der Waals surface area contributed by atoms with E-state index < -0.39 is 0 Å². The molecular weight excluding hydrogens is 252 g/mol. The van der Waals surface area contributed by atoms with Crippen LogP contribution in [0, 0.1) is 0 Å². The van der Waals surface area contributed by atoms with Crippen LogP contribution in [0.1, 0.15) is 36.4 Å². The van der Waals surface area contributed by atoms with E-state index in [9.17, 15) is 9.59 Å². The van der Waals surface area contributed by atoms with Crippen LogP contribution in [-0.4, -0.2) is 41.8 Å². The van der Waals surface area contributed by atoms with E-state index in [0.717, 1.165) is 19.4 Å². The molecular formula is C16H20N2O2. The number of carbonyl (C=O) groups is 2. The Morgan fingerprint density at radius 1 is 1.15 bits per heavy atom. The molecule has 1 aromatic rings. The molecule has 4 heteroatoms. The van der Waals surface area contributed by atoms with E-state index in [0.29, 0.717) is 25.4 Å². The number of fused-ring (bicyclic) bond motifs is 1. The molecule has 1 fully saturated rings. The summed E-state index contributed by atoms with van der Waals surface area (Å²) in [4.78, 5) is 26.9. The van der Waals surface area contributed by atoms with Crippen LogP contribution < -0.4 is 0 Å². The minimum atomic E-state index is -0.0183. The quantitative estimate of drug-likeness (QED) is 0.784. The Bertz CT molecular complexity index is 525. The van der Waals surface area contributed by atoms with Gasteiger partial charge in [-0.1, -0.05) is 24.3 Å². The van der Waals surface area contributed by atoms with Crippen molar-refractivity contribution < 1.29 is 9.59 Å². The van der Waals surface area contributed by atoms with E-state index >= 15 is 0 Å². The fraction of sp³-hybridized carbons (Fsp3) is 0.500. The van der Waals surface area contributed by atoms with Crippen molar-refractivity contribution >= 4 is 11.8 Å². The molecule has 0 saturated carbocycles. The van der Waals surface area contributed by atoms with Crippen LogP contribution >= 0.6 is 0 Å². The number of carbonyl (C=O) groups excluding carboxylic acids is 2. The molecule has 1 aromatic carbocycles. The smallest absolute Gasteiger partial charge is 0.229 e. The Morgan fingerprint density at radius 2 is 1.85 bits per heavy atom. The van der Waals surface area contributed by atoms with Gasteiger partial charge in [0, 0.05) is 32.0 Å². The average molecular weight is 272 g/mol. The van der Waals surface area contributed by atoms with Crippen molar-refractivity contribution in [3.63, 3.8) is 0 Å². The first kappa shape index (κ1) is 13.3. The summed E-state index contributed by atoms with van der Waals surface area (Å²) in [6.07, 6.45) is 3.01. The van der Waals surface area contributed by atoms with Crippen molar-refractivity contribution in [1.29, 1.82) is 0 Å². The zero-order chi connectivity index (χ0) is 14.1. The third-order valence-electron chi connectivity index (χ3n) is 4.46. The van der Waals surface area contributed by atoms with Crippen molar-refractivity contribution in [2.24, 2.45) is 0 Å². The van der Waals surface area contributed by atoms with Gasteiger partial charge in [0.1, 0.15) is 0 Å². The molecule has 1 saturated heterocycles. The lowest BCUT2D eigenvalue weighted by molar-refractivity contribution is -0.138. The van der Waals surface area contributed by atoms with Gasteiger partial charge in [0.15, 0.2) is 0 Å². The van der Waals surface area contributed by atoms with Crippen LogP contribution in [0.2, 0.25) is 0 Å². The van der Waals surface area contributed by atoms with E-state index in [1.165, 1.54) is 16.0 Å². The van der Waals surface area contributed by atoms with Crippen LogP contribution in [-0.2, 0) is 16.0 Å². The SMILES string of the molecule is CN(CCN1C(=O)CCC1=O)[C@H]1CCc2ccccc21. The van der Waals surface area contributed by atoms with Crippen LogP contribution in [0.4, 0.5) is 0 Å². The highest BCUT2D eigenvalue weighted by atomic mass is 16.2. The van der Waals surface area contributed by atoms with Crippen LogP contribution in [0.3, 0.4) is 0 Å². The van der Waals surface area contributed by atoms with Crippen LogP contribution in [0.15, 0.2) is 24.3 Å². The normalized spacial score (nSPS) is 21.9. The molecule has 0 unspecified atom stereocenters. The maximum atomic E-state index is 11.6. The fourth-order valence-electron chi connectivity index (χ4n) is 3.28. The van der Waals surface area contributed by atoms with Gasteiger partial charge in [-0.05, 0) is 31.0 Å². The first-order chi connectivity index (χ1) is 9.66. The van der Waals surface area contributed by atoms with E-state index in [-0.39, 0.29) is 11.8 Å². The Labute approximate surface area is 119 Å². The molecule has 2 amide bonds. The number of likely N-dealkylation sites (N-methyl/N-ethyl adjacent to an activating group) is 1. The van der Waals surface area contributed by atoms with Crippen LogP contribution in [0.5, 0.6) is 0 Å². The monoisotopic (exact) mass is 272 g/mol. The number of aryl methyl sites for hydroxylation is 1. The molecule has 106 valence electrons. The third kappa shape index (κ3) is 2.36. The second kappa shape index (κ2) is 5.37. The Morgan fingerprint density at radius 3 is 2.60 bits per heavy atom. The van der Waals surface area contributed by atoms with Gasteiger partial charge in [0.2, 0.25) is 11.8 Å². The minimum absolute atomic E-state index is 0.0183. The summed E-state index contributed by atoms with van der Waals surface area (Å²) in [6, 6.07) is 8.97. The number of amides is 2. The molecule has 3 rings (SSSR count). The van der Waals surface area contributed by atoms with Gasteiger partial charge in [0.25, 0.3) is 0 Å². The largest absolute Gasteiger partial charge is 0.298 e. The summed E-state index contributed by atoms with van der Waals surface area (Å²) in [5.74, 6) is -0.0366. The van der Waals surface area contributed by atoms with Gasteiger partial charge in [-0.25, -0.2) is 0 Å². The number of hydrogen-bond acceptors (Lipinski definition) is 3. The molecule has 0 N–H and O–H groups in total. The standard InChI is InChI=1S/C16H20N2O2/c1-17(10-11-18-15(19)8-9-16(18)20)14-7-6-12-4-2-3-5-13(12)14/h2-5,14H,6-11H2,1H3/t14-/m0/s1. The van der Waals surface area contributed by atoms with Crippen LogP contribution in [0.25, 0.3) is 0 Å². The lowest BCUT2D eigenvalue weighted by Crippen LogP contribution is -2.37. The summed E-state index contributed by atoms with van der Waals surface area (Å²) >= 11 is 0. The van der Waals surface area contributed by atoms with Crippen molar-refractivity contribution in [2.75, 3.05) is 20.1 Å². The molecule has 1 aliphatic heterocycles. The maximum Gasteiger partial charge on any atom is 0.229 e. The van der Waals surface area contributed by atoms with Gasteiger partial charge < -0.3 is 0 Å². The predicted molar refractivity (Wildman–Crippen MR) is 76.1 cm³/mol. The number of hydrogen-bond donors (Lipinski definition) is 0. The fourth-order valence-corrected chi connectivity index (χ4v) is 3.28. The average Bonchev–Trinajstić information content (AvgIpc) is 3.01. The number of likely N-dealkylation sites (tertiary alicyclic amines) is 1. The van der Waals surface area contributed by atoms with Gasteiger partial charge >= 0.3 is 0 Å². The van der Waals surface area contributed by atoms with E-state index in [1.54, 1.807) is 0 Å². The lowest BCUT2D eigenvalue weighted by atomic mass is 10.1. The maximum absolute atomic E-state index is 11.6. The molecule has 0 radical (unpaired) electrons. The first-order valence-electron chi connectivity index (χ1n) is 7.28. The number of imide groups is 1. The molecule has 2 aliphatic rings. The summed E-state index contributed by atoms with van der Waals surface area (Å²) in [5.41, 5.74) is 2.83. The van der Waals surface area contributed by atoms with Crippen molar-refractivity contribution in [1.82, 2.24) is 9.80 Å². The highest BCUT2D eigenvalue weighted by molar-refractivity contribution is 6.01. The molecule has 1 atom stereocenters. The molecule has 1 heterocycles. The summed E-state index contributed by atoms with van der Waals surface area (Å²) < 4.78 is 0. The van der Waals surface area contributed by atoms with Crippen molar-refractivity contribution in [3.05, 3.63) is 35.4 Å². The van der Waals surface area contributed by atoms with E-state index in [1.807, 2.05) is 0 Å². The minimum Gasteiger partial charge on any atom is -0.298 e. The lowest BCUT2D eigenvalue weighted by Gasteiger charge is -2.27. The van der Waals surface area contributed by atoms with E-state index in [4.69, 9.17) is 0 Å².